The van der Waals surface area contributed by atoms with Crippen molar-refractivity contribution in [3.05, 3.63) is 35.9 Å². The molecule has 0 spiro atoms. The first-order chi connectivity index (χ1) is 11.3. The fraction of sp³-hybridized carbons (Fsp3) is 0.700. The van der Waals surface area contributed by atoms with E-state index in [1.165, 1.54) is 64.0 Å². The molecule has 1 aliphatic rings. The number of nitrogens with one attached hydrogen (secondary N) is 1. The molecule has 1 fully saturated rings. The number of hydrogen-bond acceptors (Lipinski definition) is 3. The lowest BCUT2D eigenvalue weighted by atomic mass is 10.0. The van der Waals surface area contributed by atoms with Gasteiger partial charge in [-0.2, -0.15) is 0 Å². The molecule has 0 radical (unpaired) electrons. The summed E-state index contributed by atoms with van der Waals surface area (Å²) in [6, 6.07) is 11.7. The molecule has 0 aliphatic carbocycles. The van der Waals surface area contributed by atoms with Crippen LogP contribution in [0.15, 0.2) is 30.3 Å². The molecule has 1 heterocycles. The molecule has 130 valence electrons. The number of nitrogens with zero attached hydrogens (tertiary/aromatic N) is 2. The van der Waals surface area contributed by atoms with Gasteiger partial charge in [-0.05, 0) is 31.5 Å². The molecule has 0 saturated carbocycles. The van der Waals surface area contributed by atoms with Crippen LogP contribution < -0.4 is 5.32 Å². The van der Waals surface area contributed by atoms with Crippen LogP contribution in [0, 0.1) is 0 Å². The van der Waals surface area contributed by atoms with Gasteiger partial charge in [0.25, 0.3) is 0 Å². The first kappa shape index (κ1) is 18.4. The predicted molar refractivity (Wildman–Crippen MR) is 99.9 cm³/mol. The van der Waals surface area contributed by atoms with Crippen molar-refractivity contribution in [2.45, 2.75) is 45.6 Å². The fourth-order valence-electron chi connectivity index (χ4n) is 3.39. The summed E-state index contributed by atoms with van der Waals surface area (Å²) in [7, 11) is 0. The molecule has 0 aromatic heterocycles. The van der Waals surface area contributed by atoms with Crippen molar-refractivity contribution in [3.8, 4) is 0 Å². The van der Waals surface area contributed by atoms with Gasteiger partial charge in [0, 0.05) is 38.8 Å². The molecule has 1 N–H and O–H groups in total. The largest absolute Gasteiger partial charge is 0.314 e. The van der Waals surface area contributed by atoms with Crippen LogP contribution >= 0.6 is 0 Å². The van der Waals surface area contributed by atoms with Gasteiger partial charge in [-0.25, -0.2) is 0 Å². The second-order valence-corrected chi connectivity index (χ2v) is 6.72. The van der Waals surface area contributed by atoms with Crippen molar-refractivity contribution in [1.82, 2.24) is 15.1 Å². The summed E-state index contributed by atoms with van der Waals surface area (Å²) in [6.45, 7) is 12.8. The Bertz CT molecular complexity index is 393. The van der Waals surface area contributed by atoms with Gasteiger partial charge in [0.2, 0.25) is 0 Å². The van der Waals surface area contributed by atoms with Crippen LogP contribution in [0.4, 0.5) is 0 Å². The number of benzene rings is 1. The van der Waals surface area contributed by atoms with Gasteiger partial charge >= 0.3 is 0 Å². The van der Waals surface area contributed by atoms with Gasteiger partial charge in [-0.1, -0.05) is 57.0 Å². The Kier molecular flexibility index (Phi) is 8.66. The average Bonchev–Trinajstić information content (AvgIpc) is 2.62. The van der Waals surface area contributed by atoms with E-state index >= 15 is 0 Å². The van der Waals surface area contributed by atoms with E-state index < -0.39 is 0 Å². The predicted octanol–water partition coefficient (Wildman–Crippen LogP) is 3.54. The zero-order valence-electron chi connectivity index (χ0n) is 15.1. The topological polar surface area (TPSA) is 18.5 Å². The molecule has 1 atom stereocenters. The van der Waals surface area contributed by atoms with E-state index in [-0.39, 0.29) is 0 Å². The molecule has 1 aliphatic heterocycles. The van der Waals surface area contributed by atoms with Crippen molar-refractivity contribution >= 4 is 0 Å². The van der Waals surface area contributed by atoms with Gasteiger partial charge in [0.15, 0.2) is 0 Å². The van der Waals surface area contributed by atoms with E-state index in [4.69, 9.17) is 0 Å². The summed E-state index contributed by atoms with van der Waals surface area (Å²) in [5.74, 6) is 0. The molecule has 1 aromatic rings. The molecule has 3 heteroatoms. The molecule has 0 bridgehead atoms. The maximum atomic E-state index is 3.47. The second-order valence-electron chi connectivity index (χ2n) is 6.72. The molecule has 2 rings (SSSR count). The van der Waals surface area contributed by atoms with Crippen LogP contribution in [0.5, 0.6) is 0 Å². The standard InChI is InChI=1S/C20H35N3/c1-3-5-14-23(15-6-4-2)20(19-10-8-7-9-11-19)18-22-16-12-21-13-17-22/h7-11,20-21H,3-6,12-18H2,1-2H3. The highest BCUT2D eigenvalue weighted by Gasteiger charge is 2.23. The number of piperazine rings is 1. The van der Waals surface area contributed by atoms with Crippen LogP contribution in [-0.2, 0) is 0 Å². The van der Waals surface area contributed by atoms with E-state index in [1.807, 2.05) is 0 Å². The first-order valence-corrected chi connectivity index (χ1v) is 9.57. The third-order valence-electron chi connectivity index (χ3n) is 4.86. The Balaban J connectivity index is 2.11. The van der Waals surface area contributed by atoms with Crippen molar-refractivity contribution in [2.24, 2.45) is 0 Å². The van der Waals surface area contributed by atoms with Gasteiger partial charge in [-0.15, -0.1) is 0 Å². The maximum Gasteiger partial charge on any atom is 0.0475 e. The summed E-state index contributed by atoms with van der Waals surface area (Å²) in [4.78, 5) is 5.38. The maximum absolute atomic E-state index is 3.47. The minimum Gasteiger partial charge on any atom is -0.314 e. The lowest BCUT2D eigenvalue weighted by Gasteiger charge is -2.37. The van der Waals surface area contributed by atoms with Crippen LogP contribution in [-0.4, -0.2) is 55.6 Å². The van der Waals surface area contributed by atoms with Crippen molar-refractivity contribution in [1.29, 1.82) is 0 Å². The quantitative estimate of drug-likeness (QED) is 0.712. The highest BCUT2D eigenvalue weighted by atomic mass is 15.2. The van der Waals surface area contributed by atoms with E-state index in [1.54, 1.807) is 0 Å². The normalized spacial score (nSPS) is 17.5. The van der Waals surface area contributed by atoms with Gasteiger partial charge in [0.1, 0.15) is 0 Å². The zero-order chi connectivity index (χ0) is 16.3. The molecule has 3 nitrogen and oxygen atoms in total. The second kappa shape index (κ2) is 10.8. The SMILES string of the molecule is CCCCN(CCCC)C(CN1CCNCC1)c1ccccc1. The number of hydrogen-bond donors (Lipinski definition) is 1. The van der Waals surface area contributed by atoms with Gasteiger partial charge in [-0.3, -0.25) is 9.80 Å². The summed E-state index contributed by atoms with van der Waals surface area (Å²) in [5.41, 5.74) is 1.48. The third kappa shape index (κ3) is 6.25. The molecule has 1 saturated heterocycles. The molecule has 1 aromatic carbocycles. The van der Waals surface area contributed by atoms with E-state index in [0.717, 1.165) is 13.1 Å². The number of rotatable bonds is 10. The van der Waals surface area contributed by atoms with Crippen LogP contribution in [0.3, 0.4) is 0 Å². The molecule has 1 unspecified atom stereocenters. The minimum atomic E-state index is 0.535. The lowest BCUT2D eigenvalue weighted by molar-refractivity contribution is 0.126. The Morgan fingerprint density at radius 3 is 2.17 bits per heavy atom. The van der Waals surface area contributed by atoms with Crippen molar-refractivity contribution in [3.63, 3.8) is 0 Å². The Morgan fingerprint density at radius 2 is 1.61 bits per heavy atom. The number of unbranched alkanes of at least 4 members (excludes halogenated alkanes) is 2. The lowest BCUT2D eigenvalue weighted by Crippen LogP contribution is -2.47. The summed E-state index contributed by atoms with van der Waals surface area (Å²) in [5, 5.41) is 3.47. The fourth-order valence-corrected chi connectivity index (χ4v) is 3.39. The minimum absolute atomic E-state index is 0.535. The molecule has 23 heavy (non-hydrogen) atoms. The average molecular weight is 318 g/mol. The smallest absolute Gasteiger partial charge is 0.0475 e. The highest BCUT2D eigenvalue weighted by molar-refractivity contribution is 5.19. The van der Waals surface area contributed by atoms with Crippen molar-refractivity contribution in [2.75, 3.05) is 45.8 Å². The highest BCUT2D eigenvalue weighted by Crippen LogP contribution is 2.23. The van der Waals surface area contributed by atoms with Crippen LogP contribution in [0.2, 0.25) is 0 Å². The van der Waals surface area contributed by atoms with E-state index in [2.05, 4.69) is 59.3 Å². The Hall–Kier alpha value is -0.900. The van der Waals surface area contributed by atoms with E-state index in [9.17, 15) is 0 Å². The summed E-state index contributed by atoms with van der Waals surface area (Å²) < 4.78 is 0. The molecular weight excluding hydrogens is 282 g/mol. The molecular formula is C20H35N3. The summed E-state index contributed by atoms with van der Waals surface area (Å²) in [6.07, 6.45) is 5.15. The summed E-state index contributed by atoms with van der Waals surface area (Å²) >= 11 is 0. The van der Waals surface area contributed by atoms with Gasteiger partial charge in [0.05, 0.1) is 0 Å². The van der Waals surface area contributed by atoms with Crippen LogP contribution in [0.25, 0.3) is 0 Å². The third-order valence-corrected chi connectivity index (χ3v) is 4.86. The monoisotopic (exact) mass is 317 g/mol. The van der Waals surface area contributed by atoms with Gasteiger partial charge < -0.3 is 5.32 Å². The van der Waals surface area contributed by atoms with E-state index in [0.29, 0.717) is 6.04 Å². The first-order valence-electron chi connectivity index (χ1n) is 9.57. The van der Waals surface area contributed by atoms with Crippen LogP contribution in [0.1, 0.15) is 51.1 Å². The Morgan fingerprint density at radius 1 is 1.00 bits per heavy atom. The Labute approximate surface area is 143 Å². The van der Waals surface area contributed by atoms with Crippen molar-refractivity contribution < 1.29 is 0 Å². The zero-order valence-corrected chi connectivity index (χ0v) is 15.1. The molecule has 0 amide bonds.